The van der Waals surface area contributed by atoms with Crippen LogP contribution in [0.15, 0.2) is 22.6 Å². The highest BCUT2D eigenvalue weighted by atomic mass is 16.3. The lowest BCUT2D eigenvalue weighted by atomic mass is 10.0. The Labute approximate surface area is 124 Å². The van der Waals surface area contributed by atoms with Crippen LogP contribution >= 0.6 is 0 Å². The average Bonchev–Trinajstić information content (AvgIpc) is 2.88. The maximum atomic E-state index is 11.9. The second-order valence-electron chi connectivity index (χ2n) is 5.41. The van der Waals surface area contributed by atoms with Gasteiger partial charge in [-0.3, -0.25) is 4.79 Å². The van der Waals surface area contributed by atoms with Gasteiger partial charge in [0, 0.05) is 18.5 Å². The summed E-state index contributed by atoms with van der Waals surface area (Å²) in [5.41, 5.74) is 7.80. The molecule has 0 aliphatic carbocycles. The van der Waals surface area contributed by atoms with E-state index >= 15 is 0 Å². The highest BCUT2D eigenvalue weighted by molar-refractivity contribution is 5.92. The zero-order valence-corrected chi connectivity index (χ0v) is 12.7. The Balaban J connectivity index is 1.94. The fourth-order valence-electron chi connectivity index (χ4n) is 2.23. The van der Waals surface area contributed by atoms with Crippen LogP contribution < -0.4 is 11.1 Å². The summed E-state index contributed by atoms with van der Waals surface area (Å²) < 4.78 is 5.55. The molecule has 0 fully saturated rings. The van der Waals surface area contributed by atoms with E-state index in [-0.39, 0.29) is 5.91 Å². The van der Waals surface area contributed by atoms with Gasteiger partial charge in [-0.1, -0.05) is 13.8 Å². The molecule has 1 aromatic carbocycles. The Morgan fingerprint density at radius 2 is 2.24 bits per heavy atom. The third kappa shape index (κ3) is 4.29. The molecule has 0 spiro atoms. The van der Waals surface area contributed by atoms with Crippen molar-refractivity contribution in [3.8, 4) is 0 Å². The molecular formula is C16H23N3O2. The van der Waals surface area contributed by atoms with Gasteiger partial charge in [0.05, 0.1) is 0 Å². The first-order valence-corrected chi connectivity index (χ1v) is 7.51. The van der Waals surface area contributed by atoms with Crippen LogP contribution in [-0.2, 0) is 11.2 Å². The fourth-order valence-corrected chi connectivity index (χ4v) is 2.23. The number of hydrogen-bond acceptors (Lipinski definition) is 4. The largest absolute Gasteiger partial charge is 0.441 e. The monoisotopic (exact) mass is 289 g/mol. The van der Waals surface area contributed by atoms with Crippen molar-refractivity contribution in [1.82, 2.24) is 4.98 Å². The Morgan fingerprint density at radius 3 is 2.95 bits per heavy atom. The molecule has 0 aliphatic heterocycles. The molecule has 1 amide bonds. The average molecular weight is 289 g/mol. The second-order valence-corrected chi connectivity index (χ2v) is 5.41. The predicted molar refractivity (Wildman–Crippen MR) is 84.1 cm³/mol. The minimum atomic E-state index is 0.0254. The predicted octanol–water partition coefficient (Wildman–Crippen LogP) is 3.09. The van der Waals surface area contributed by atoms with Gasteiger partial charge in [-0.25, -0.2) is 4.98 Å². The van der Waals surface area contributed by atoms with Gasteiger partial charge in [-0.2, -0.15) is 0 Å². The van der Waals surface area contributed by atoms with Gasteiger partial charge in [0.15, 0.2) is 11.5 Å². The van der Waals surface area contributed by atoms with Crippen LogP contribution in [0, 0.1) is 5.92 Å². The summed E-state index contributed by atoms with van der Waals surface area (Å²) in [7, 11) is 0. The molecule has 1 aromatic heterocycles. The molecule has 0 aliphatic rings. The number of aromatic nitrogens is 1. The van der Waals surface area contributed by atoms with Crippen molar-refractivity contribution in [3.05, 3.63) is 24.1 Å². The number of carbonyl (C=O) groups is 1. The number of amides is 1. The number of aryl methyl sites for hydroxylation is 1. The molecule has 1 heterocycles. The number of carbonyl (C=O) groups excluding carboxylic acids is 1. The molecular weight excluding hydrogens is 266 g/mol. The molecule has 2 rings (SSSR count). The van der Waals surface area contributed by atoms with Crippen LogP contribution in [0.3, 0.4) is 0 Å². The maximum absolute atomic E-state index is 11.9. The zero-order chi connectivity index (χ0) is 15.2. The smallest absolute Gasteiger partial charge is 0.224 e. The molecule has 0 radical (unpaired) electrons. The number of nitrogens with zero attached hydrogens (tertiary/aromatic N) is 1. The number of oxazole rings is 1. The minimum Gasteiger partial charge on any atom is -0.441 e. The molecule has 0 saturated carbocycles. The Morgan fingerprint density at radius 1 is 1.43 bits per heavy atom. The van der Waals surface area contributed by atoms with Crippen molar-refractivity contribution in [3.63, 3.8) is 0 Å². The Bertz CT molecular complexity index is 607. The van der Waals surface area contributed by atoms with E-state index < -0.39 is 0 Å². The van der Waals surface area contributed by atoms with E-state index in [9.17, 15) is 4.79 Å². The number of rotatable bonds is 7. The lowest BCUT2D eigenvalue weighted by molar-refractivity contribution is -0.116. The van der Waals surface area contributed by atoms with Crippen LogP contribution in [0.2, 0.25) is 0 Å². The van der Waals surface area contributed by atoms with E-state index in [2.05, 4.69) is 17.2 Å². The molecule has 21 heavy (non-hydrogen) atoms. The number of nitrogens with two attached hydrogens (primary N) is 1. The molecule has 1 atom stereocenters. The van der Waals surface area contributed by atoms with Crippen LogP contribution in [0.4, 0.5) is 5.69 Å². The van der Waals surface area contributed by atoms with E-state index in [4.69, 9.17) is 10.2 Å². The second kappa shape index (κ2) is 7.22. The van der Waals surface area contributed by atoms with Gasteiger partial charge in [-0.05, 0) is 43.5 Å². The molecule has 114 valence electrons. The summed E-state index contributed by atoms with van der Waals surface area (Å²) in [5, 5.41) is 2.91. The lowest BCUT2D eigenvalue weighted by Crippen LogP contribution is -2.14. The molecule has 5 nitrogen and oxygen atoms in total. The first kappa shape index (κ1) is 15.5. The normalized spacial score (nSPS) is 12.5. The van der Waals surface area contributed by atoms with E-state index in [1.54, 1.807) is 0 Å². The third-order valence-electron chi connectivity index (χ3n) is 3.54. The van der Waals surface area contributed by atoms with Crippen LogP contribution in [-0.4, -0.2) is 17.4 Å². The van der Waals surface area contributed by atoms with Crippen molar-refractivity contribution >= 4 is 22.7 Å². The number of benzene rings is 1. The zero-order valence-electron chi connectivity index (χ0n) is 12.7. The van der Waals surface area contributed by atoms with Crippen molar-refractivity contribution in [2.45, 2.75) is 39.5 Å². The molecule has 1 unspecified atom stereocenters. The van der Waals surface area contributed by atoms with E-state index in [1.807, 2.05) is 25.1 Å². The summed E-state index contributed by atoms with van der Waals surface area (Å²) >= 11 is 0. The summed E-state index contributed by atoms with van der Waals surface area (Å²) in [4.78, 5) is 16.3. The third-order valence-corrected chi connectivity index (χ3v) is 3.54. The highest BCUT2D eigenvalue weighted by Crippen LogP contribution is 2.20. The lowest BCUT2D eigenvalue weighted by Gasteiger charge is -2.09. The Kier molecular flexibility index (Phi) is 5.33. The fraction of sp³-hybridized carbons (Fsp3) is 0.500. The number of anilines is 1. The number of hydrogen-bond donors (Lipinski definition) is 2. The number of fused-ring (bicyclic) bond motifs is 1. The molecule has 2 aromatic rings. The standard InChI is InChI=1S/C16H23N3O2/c1-3-16-19-13-10-12(5-6-14(13)21-16)18-15(20)7-4-11(2)8-9-17/h5-6,10-11H,3-4,7-9,17H2,1-2H3,(H,18,20). The first-order valence-electron chi connectivity index (χ1n) is 7.51. The topological polar surface area (TPSA) is 81.2 Å². The van der Waals surface area contributed by atoms with Gasteiger partial charge in [0.2, 0.25) is 5.91 Å². The molecule has 3 N–H and O–H groups in total. The van der Waals surface area contributed by atoms with Crippen LogP contribution in [0.1, 0.15) is 39.0 Å². The summed E-state index contributed by atoms with van der Waals surface area (Å²) in [6.07, 6.45) is 3.08. The Hall–Kier alpha value is -1.88. The van der Waals surface area contributed by atoms with Gasteiger partial charge in [-0.15, -0.1) is 0 Å². The summed E-state index contributed by atoms with van der Waals surface area (Å²) in [6.45, 7) is 4.79. The van der Waals surface area contributed by atoms with Crippen LogP contribution in [0.25, 0.3) is 11.1 Å². The van der Waals surface area contributed by atoms with Crippen molar-refractivity contribution in [2.75, 3.05) is 11.9 Å². The maximum Gasteiger partial charge on any atom is 0.224 e. The summed E-state index contributed by atoms with van der Waals surface area (Å²) in [5.74, 6) is 1.22. The summed E-state index contributed by atoms with van der Waals surface area (Å²) in [6, 6.07) is 5.53. The highest BCUT2D eigenvalue weighted by Gasteiger charge is 2.09. The van der Waals surface area contributed by atoms with Gasteiger partial charge < -0.3 is 15.5 Å². The van der Waals surface area contributed by atoms with Gasteiger partial charge in [0.1, 0.15) is 5.52 Å². The van der Waals surface area contributed by atoms with Crippen molar-refractivity contribution in [1.29, 1.82) is 0 Å². The van der Waals surface area contributed by atoms with E-state index in [0.717, 1.165) is 36.0 Å². The van der Waals surface area contributed by atoms with E-state index in [1.165, 1.54) is 0 Å². The van der Waals surface area contributed by atoms with Crippen LogP contribution in [0.5, 0.6) is 0 Å². The quantitative estimate of drug-likeness (QED) is 0.820. The first-order chi connectivity index (χ1) is 10.1. The minimum absolute atomic E-state index is 0.0254. The van der Waals surface area contributed by atoms with Gasteiger partial charge >= 0.3 is 0 Å². The SMILES string of the molecule is CCc1nc2cc(NC(=O)CCC(C)CCN)ccc2o1. The molecule has 0 bridgehead atoms. The molecule has 0 saturated heterocycles. The number of nitrogens with one attached hydrogen (secondary N) is 1. The van der Waals surface area contributed by atoms with E-state index in [0.29, 0.717) is 24.8 Å². The van der Waals surface area contributed by atoms with Crippen molar-refractivity contribution < 1.29 is 9.21 Å². The molecule has 5 heteroatoms. The van der Waals surface area contributed by atoms with Crippen molar-refractivity contribution in [2.24, 2.45) is 11.7 Å². The van der Waals surface area contributed by atoms with Gasteiger partial charge in [0.25, 0.3) is 0 Å².